The van der Waals surface area contributed by atoms with Crippen LogP contribution in [-0.2, 0) is 11.3 Å². The van der Waals surface area contributed by atoms with E-state index in [2.05, 4.69) is 4.98 Å². The molecule has 1 N–H and O–H groups in total. The second kappa shape index (κ2) is 6.50. The van der Waals surface area contributed by atoms with Crippen molar-refractivity contribution in [1.82, 2.24) is 9.55 Å². The summed E-state index contributed by atoms with van der Waals surface area (Å²) in [6, 6.07) is 9.54. The van der Waals surface area contributed by atoms with E-state index >= 15 is 0 Å². The third-order valence-electron chi connectivity index (χ3n) is 2.89. The molecule has 2 rings (SSSR count). The van der Waals surface area contributed by atoms with Crippen LogP contribution in [0, 0.1) is 0 Å². The molecule has 0 aliphatic rings. The van der Waals surface area contributed by atoms with Crippen molar-refractivity contribution in [2.45, 2.75) is 32.6 Å². The SMILES string of the molecule is CC(C)OCCn1ccnc1[C@@H](O)c1ccccc1. The summed E-state index contributed by atoms with van der Waals surface area (Å²) in [4.78, 5) is 4.25. The normalized spacial score (nSPS) is 12.8. The molecule has 19 heavy (non-hydrogen) atoms. The molecule has 1 aromatic carbocycles. The molecule has 1 aromatic heterocycles. The highest BCUT2D eigenvalue weighted by Gasteiger charge is 2.15. The lowest BCUT2D eigenvalue weighted by Crippen LogP contribution is -2.14. The number of aliphatic hydroxyl groups excluding tert-OH is 1. The smallest absolute Gasteiger partial charge is 0.142 e. The largest absolute Gasteiger partial charge is 0.380 e. The molecule has 1 heterocycles. The molecule has 0 radical (unpaired) electrons. The number of aromatic nitrogens is 2. The Bertz CT molecular complexity index is 494. The highest BCUT2D eigenvalue weighted by atomic mass is 16.5. The predicted octanol–water partition coefficient (Wildman–Crippen LogP) is 2.39. The van der Waals surface area contributed by atoms with Crippen molar-refractivity contribution in [1.29, 1.82) is 0 Å². The summed E-state index contributed by atoms with van der Waals surface area (Å²) in [5.74, 6) is 0.651. The third-order valence-corrected chi connectivity index (χ3v) is 2.89. The summed E-state index contributed by atoms with van der Waals surface area (Å²) < 4.78 is 7.46. The van der Waals surface area contributed by atoms with Gasteiger partial charge in [-0.3, -0.25) is 0 Å². The minimum Gasteiger partial charge on any atom is -0.380 e. The van der Waals surface area contributed by atoms with Crippen molar-refractivity contribution in [2.24, 2.45) is 0 Å². The van der Waals surface area contributed by atoms with Crippen LogP contribution < -0.4 is 0 Å². The van der Waals surface area contributed by atoms with Gasteiger partial charge in [0, 0.05) is 18.9 Å². The van der Waals surface area contributed by atoms with Gasteiger partial charge >= 0.3 is 0 Å². The lowest BCUT2D eigenvalue weighted by atomic mass is 10.1. The first kappa shape index (κ1) is 13.8. The molecule has 0 unspecified atom stereocenters. The Labute approximate surface area is 113 Å². The Morgan fingerprint density at radius 1 is 1.26 bits per heavy atom. The molecule has 0 spiro atoms. The van der Waals surface area contributed by atoms with Gasteiger partial charge in [0.2, 0.25) is 0 Å². The molecule has 0 amide bonds. The van der Waals surface area contributed by atoms with Gasteiger partial charge in [-0.1, -0.05) is 30.3 Å². The number of nitrogens with zero attached hydrogens (tertiary/aromatic N) is 2. The zero-order valence-electron chi connectivity index (χ0n) is 11.4. The van der Waals surface area contributed by atoms with E-state index in [-0.39, 0.29) is 6.10 Å². The minimum absolute atomic E-state index is 0.214. The lowest BCUT2D eigenvalue weighted by Gasteiger charge is -2.14. The number of rotatable bonds is 6. The highest BCUT2D eigenvalue weighted by molar-refractivity contribution is 5.22. The summed E-state index contributed by atoms with van der Waals surface area (Å²) in [6.07, 6.45) is 3.09. The molecule has 0 fully saturated rings. The van der Waals surface area contributed by atoms with Gasteiger partial charge in [0.1, 0.15) is 11.9 Å². The van der Waals surface area contributed by atoms with Crippen LogP contribution in [0.15, 0.2) is 42.7 Å². The molecule has 102 valence electrons. The van der Waals surface area contributed by atoms with Gasteiger partial charge in [-0.25, -0.2) is 4.98 Å². The highest BCUT2D eigenvalue weighted by Crippen LogP contribution is 2.19. The van der Waals surface area contributed by atoms with E-state index in [9.17, 15) is 5.11 Å². The zero-order valence-corrected chi connectivity index (χ0v) is 11.4. The second-order valence-corrected chi connectivity index (χ2v) is 4.71. The van der Waals surface area contributed by atoms with Gasteiger partial charge in [-0.15, -0.1) is 0 Å². The maximum atomic E-state index is 10.3. The molecule has 4 nitrogen and oxygen atoms in total. The van der Waals surface area contributed by atoms with Crippen LogP contribution in [0.4, 0.5) is 0 Å². The summed E-state index contributed by atoms with van der Waals surface area (Å²) in [6.45, 7) is 5.32. The first-order valence-corrected chi connectivity index (χ1v) is 6.54. The summed E-state index contributed by atoms with van der Waals surface area (Å²) in [5.41, 5.74) is 0.847. The lowest BCUT2D eigenvalue weighted by molar-refractivity contribution is 0.0711. The quantitative estimate of drug-likeness (QED) is 0.867. The Kier molecular flexibility index (Phi) is 4.71. The van der Waals surface area contributed by atoms with Crippen LogP contribution in [-0.4, -0.2) is 27.4 Å². The number of aliphatic hydroxyl groups is 1. The Balaban J connectivity index is 2.06. The molecule has 0 saturated heterocycles. The molecule has 0 aliphatic carbocycles. The van der Waals surface area contributed by atoms with Crippen molar-refractivity contribution in [3.05, 3.63) is 54.1 Å². The van der Waals surface area contributed by atoms with Crippen molar-refractivity contribution in [2.75, 3.05) is 6.61 Å². The first-order chi connectivity index (χ1) is 9.18. The van der Waals surface area contributed by atoms with Crippen LogP contribution in [0.25, 0.3) is 0 Å². The van der Waals surface area contributed by atoms with Gasteiger partial charge in [0.15, 0.2) is 0 Å². The van der Waals surface area contributed by atoms with Gasteiger partial charge < -0.3 is 14.4 Å². The van der Waals surface area contributed by atoms with Gasteiger partial charge in [-0.2, -0.15) is 0 Å². The van der Waals surface area contributed by atoms with E-state index in [1.165, 1.54) is 0 Å². The van der Waals surface area contributed by atoms with Gasteiger partial charge in [-0.05, 0) is 19.4 Å². The number of imidazole rings is 1. The van der Waals surface area contributed by atoms with Crippen LogP contribution in [0.1, 0.15) is 31.3 Å². The van der Waals surface area contributed by atoms with Crippen molar-refractivity contribution >= 4 is 0 Å². The number of hydrogen-bond donors (Lipinski definition) is 1. The maximum absolute atomic E-state index is 10.3. The fraction of sp³-hybridized carbons (Fsp3) is 0.400. The van der Waals surface area contributed by atoms with E-state index in [0.29, 0.717) is 19.0 Å². The van der Waals surface area contributed by atoms with E-state index in [1.807, 2.05) is 54.9 Å². The van der Waals surface area contributed by atoms with E-state index in [0.717, 1.165) is 5.56 Å². The summed E-state index contributed by atoms with van der Waals surface area (Å²) >= 11 is 0. The molecule has 4 heteroatoms. The zero-order chi connectivity index (χ0) is 13.7. The summed E-state index contributed by atoms with van der Waals surface area (Å²) in [5, 5.41) is 10.3. The molecule has 2 aromatic rings. The molecule has 0 saturated carbocycles. The Morgan fingerprint density at radius 3 is 2.68 bits per heavy atom. The summed E-state index contributed by atoms with van der Waals surface area (Å²) in [7, 11) is 0. The van der Waals surface area contributed by atoms with Crippen molar-refractivity contribution < 1.29 is 9.84 Å². The van der Waals surface area contributed by atoms with Gasteiger partial charge in [0.25, 0.3) is 0 Å². The average molecular weight is 260 g/mol. The first-order valence-electron chi connectivity index (χ1n) is 6.54. The number of benzene rings is 1. The predicted molar refractivity (Wildman–Crippen MR) is 73.8 cm³/mol. The minimum atomic E-state index is -0.699. The average Bonchev–Trinajstić information content (AvgIpc) is 2.87. The molecular weight excluding hydrogens is 240 g/mol. The van der Waals surface area contributed by atoms with E-state index < -0.39 is 6.10 Å². The third kappa shape index (κ3) is 3.66. The van der Waals surface area contributed by atoms with Crippen molar-refractivity contribution in [3.8, 4) is 0 Å². The Hall–Kier alpha value is -1.65. The van der Waals surface area contributed by atoms with E-state index in [4.69, 9.17) is 4.74 Å². The Morgan fingerprint density at radius 2 is 2.00 bits per heavy atom. The van der Waals surface area contributed by atoms with Crippen LogP contribution >= 0.6 is 0 Å². The number of ether oxygens (including phenoxy) is 1. The fourth-order valence-corrected chi connectivity index (χ4v) is 1.93. The molecular formula is C15H20N2O2. The van der Waals surface area contributed by atoms with Crippen LogP contribution in [0.2, 0.25) is 0 Å². The van der Waals surface area contributed by atoms with Crippen LogP contribution in [0.3, 0.4) is 0 Å². The topological polar surface area (TPSA) is 47.3 Å². The van der Waals surface area contributed by atoms with Gasteiger partial charge in [0.05, 0.1) is 12.7 Å². The molecule has 0 bridgehead atoms. The monoisotopic (exact) mass is 260 g/mol. The maximum Gasteiger partial charge on any atom is 0.142 e. The van der Waals surface area contributed by atoms with Crippen molar-refractivity contribution in [3.63, 3.8) is 0 Å². The van der Waals surface area contributed by atoms with E-state index in [1.54, 1.807) is 6.20 Å². The molecule has 1 atom stereocenters. The molecule has 0 aliphatic heterocycles. The number of hydrogen-bond acceptors (Lipinski definition) is 3. The second-order valence-electron chi connectivity index (χ2n) is 4.71. The standard InChI is InChI=1S/C15H20N2O2/c1-12(2)19-11-10-17-9-8-16-15(17)14(18)13-6-4-3-5-7-13/h3-9,12,14,18H,10-11H2,1-2H3/t14-/m0/s1. The fourth-order valence-electron chi connectivity index (χ4n) is 1.93. The van der Waals surface area contributed by atoms with Crippen LogP contribution in [0.5, 0.6) is 0 Å².